The summed E-state index contributed by atoms with van der Waals surface area (Å²) in [5.41, 5.74) is 12.0. The molecule has 4 N–H and O–H groups in total. The first kappa shape index (κ1) is 10.4. The Bertz CT molecular complexity index is 195. The van der Waals surface area contributed by atoms with Crippen LogP contribution >= 0.6 is 0 Å². The highest BCUT2D eigenvalue weighted by atomic mass is 15.2. The van der Waals surface area contributed by atoms with Crippen molar-refractivity contribution in [3.05, 3.63) is 0 Å². The van der Waals surface area contributed by atoms with Crippen molar-refractivity contribution >= 4 is 0 Å². The van der Waals surface area contributed by atoms with Gasteiger partial charge in [0.15, 0.2) is 0 Å². The number of nitrogens with zero attached hydrogens (tertiary/aromatic N) is 1. The second-order valence-electron chi connectivity index (χ2n) is 5.16. The number of rotatable bonds is 3. The SMILES string of the molecule is NCCN1CC[C@]2(CC[C@H](CN)C2)C1. The van der Waals surface area contributed by atoms with Crippen molar-refractivity contribution in [3.8, 4) is 0 Å². The Morgan fingerprint density at radius 1 is 1.29 bits per heavy atom. The Balaban J connectivity index is 1.87. The minimum atomic E-state index is 0.624. The Morgan fingerprint density at radius 2 is 2.14 bits per heavy atom. The van der Waals surface area contributed by atoms with E-state index < -0.39 is 0 Å². The third-order valence-corrected chi connectivity index (χ3v) is 4.10. The average molecular weight is 197 g/mol. The minimum Gasteiger partial charge on any atom is -0.330 e. The normalized spacial score (nSPS) is 38.6. The van der Waals surface area contributed by atoms with Crippen LogP contribution in [-0.4, -0.2) is 37.6 Å². The second kappa shape index (κ2) is 4.17. The number of likely N-dealkylation sites (tertiary alicyclic amines) is 1. The summed E-state index contributed by atoms with van der Waals surface area (Å²) in [6.45, 7) is 5.30. The van der Waals surface area contributed by atoms with Gasteiger partial charge in [0.25, 0.3) is 0 Å². The van der Waals surface area contributed by atoms with Gasteiger partial charge in [-0.2, -0.15) is 0 Å². The van der Waals surface area contributed by atoms with Crippen LogP contribution in [0.15, 0.2) is 0 Å². The molecule has 1 spiro atoms. The van der Waals surface area contributed by atoms with Crippen LogP contribution in [0.3, 0.4) is 0 Å². The molecule has 1 aliphatic carbocycles. The van der Waals surface area contributed by atoms with Crippen molar-refractivity contribution in [1.82, 2.24) is 4.90 Å². The molecule has 3 heteroatoms. The summed E-state index contributed by atoms with van der Waals surface area (Å²) in [5.74, 6) is 0.799. The Morgan fingerprint density at radius 3 is 2.79 bits per heavy atom. The minimum absolute atomic E-state index is 0.624. The Hall–Kier alpha value is -0.120. The lowest BCUT2D eigenvalue weighted by Gasteiger charge is -2.24. The molecule has 2 atom stereocenters. The van der Waals surface area contributed by atoms with Gasteiger partial charge >= 0.3 is 0 Å². The standard InChI is InChI=1S/C11H23N3/c12-4-6-14-5-3-11(9-14)2-1-10(7-11)8-13/h10H,1-9,12-13H2/t10-,11-/m0/s1. The molecule has 82 valence electrons. The Labute approximate surface area is 86.8 Å². The quantitative estimate of drug-likeness (QED) is 0.688. The van der Waals surface area contributed by atoms with E-state index in [9.17, 15) is 0 Å². The number of hydrogen-bond donors (Lipinski definition) is 2. The highest BCUT2D eigenvalue weighted by molar-refractivity contribution is 4.96. The summed E-state index contributed by atoms with van der Waals surface area (Å²) in [7, 11) is 0. The van der Waals surface area contributed by atoms with Crippen LogP contribution in [0.5, 0.6) is 0 Å². The highest BCUT2D eigenvalue weighted by Crippen LogP contribution is 2.47. The van der Waals surface area contributed by atoms with Gasteiger partial charge in [-0.3, -0.25) is 0 Å². The van der Waals surface area contributed by atoms with Gasteiger partial charge in [0, 0.05) is 19.6 Å². The van der Waals surface area contributed by atoms with Gasteiger partial charge in [0.05, 0.1) is 0 Å². The maximum absolute atomic E-state index is 5.74. The zero-order valence-corrected chi connectivity index (χ0v) is 9.04. The summed E-state index contributed by atoms with van der Waals surface area (Å²) in [6.07, 6.45) is 5.50. The second-order valence-corrected chi connectivity index (χ2v) is 5.16. The van der Waals surface area contributed by atoms with Crippen LogP contribution in [0.25, 0.3) is 0 Å². The van der Waals surface area contributed by atoms with Gasteiger partial charge in [0.1, 0.15) is 0 Å². The van der Waals surface area contributed by atoms with Gasteiger partial charge in [-0.15, -0.1) is 0 Å². The molecule has 14 heavy (non-hydrogen) atoms. The first-order valence-electron chi connectivity index (χ1n) is 5.90. The van der Waals surface area contributed by atoms with E-state index in [0.717, 1.165) is 25.6 Å². The van der Waals surface area contributed by atoms with Gasteiger partial charge in [-0.1, -0.05) is 0 Å². The summed E-state index contributed by atoms with van der Waals surface area (Å²) in [4.78, 5) is 2.53. The van der Waals surface area contributed by atoms with E-state index in [4.69, 9.17) is 11.5 Å². The Kier molecular flexibility index (Phi) is 3.10. The van der Waals surface area contributed by atoms with Crippen molar-refractivity contribution in [2.75, 3.05) is 32.7 Å². The van der Waals surface area contributed by atoms with E-state index in [2.05, 4.69) is 4.90 Å². The van der Waals surface area contributed by atoms with Crippen LogP contribution in [0, 0.1) is 11.3 Å². The van der Waals surface area contributed by atoms with Crippen LogP contribution < -0.4 is 11.5 Å². The van der Waals surface area contributed by atoms with E-state index in [0.29, 0.717) is 5.41 Å². The molecule has 1 saturated heterocycles. The summed E-state index contributed by atoms with van der Waals surface area (Å²) >= 11 is 0. The molecule has 0 aromatic carbocycles. The topological polar surface area (TPSA) is 55.3 Å². The molecule has 1 aliphatic heterocycles. The zero-order valence-electron chi connectivity index (χ0n) is 9.04. The lowest BCUT2D eigenvalue weighted by molar-refractivity contribution is 0.258. The summed E-state index contributed by atoms with van der Waals surface area (Å²) in [6, 6.07) is 0. The number of hydrogen-bond acceptors (Lipinski definition) is 3. The van der Waals surface area contributed by atoms with Crippen molar-refractivity contribution in [2.24, 2.45) is 22.8 Å². The van der Waals surface area contributed by atoms with E-state index in [-0.39, 0.29) is 0 Å². The van der Waals surface area contributed by atoms with Crippen molar-refractivity contribution in [1.29, 1.82) is 0 Å². The lowest BCUT2D eigenvalue weighted by atomic mass is 9.84. The zero-order chi connectivity index (χ0) is 10.0. The predicted molar refractivity (Wildman–Crippen MR) is 58.9 cm³/mol. The first-order valence-corrected chi connectivity index (χ1v) is 5.90. The molecule has 2 rings (SSSR count). The maximum atomic E-state index is 5.74. The van der Waals surface area contributed by atoms with Crippen molar-refractivity contribution in [3.63, 3.8) is 0 Å². The van der Waals surface area contributed by atoms with Crippen LogP contribution in [0.2, 0.25) is 0 Å². The summed E-state index contributed by atoms with van der Waals surface area (Å²) < 4.78 is 0. The monoisotopic (exact) mass is 197 g/mol. The molecule has 2 fully saturated rings. The van der Waals surface area contributed by atoms with E-state index in [1.165, 1.54) is 38.8 Å². The molecule has 0 bridgehead atoms. The van der Waals surface area contributed by atoms with Crippen LogP contribution in [0.4, 0.5) is 0 Å². The molecule has 0 radical (unpaired) electrons. The number of nitrogens with two attached hydrogens (primary N) is 2. The van der Waals surface area contributed by atoms with E-state index in [1.807, 2.05) is 0 Å². The van der Waals surface area contributed by atoms with Crippen LogP contribution in [0.1, 0.15) is 25.7 Å². The molecule has 0 aromatic heterocycles. The molecule has 1 heterocycles. The fourth-order valence-corrected chi connectivity index (χ4v) is 3.30. The highest BCUT2D eigenvalue weighted by Gasteiger charge is 2.43. The first-order chi connectivity index (χ1) is 6.78. The smallest absolute Gasteiger partial charge is 0.0105 e. The molecule has 0 unspecified atom stereocenters. The molecule has 0 aromatic rings. The van der Waals surface area contributed by atoms with Crippen molar-refractivity contribution in [2.45, 2.75) is 25.7 Å². The molecular formula is C11H23N3. The van der Waals surface area contributed by atoms with E-state index >= 15 is 0 Å². The van der Waals surface area contributed by atoms with Gasteiger partial charge in [0.2, 0.25) is 0 Å². The molecular weight excluding hydrogens is 174 g/mol. The average Bonchev–Trinajstić information content (AvgIpc) is 2.76. The molecule has 1 saturated carbocycles. The molecule has 0 amide bonds. The van der Waals surface area contributed by atoms with Gasteiger partial charge < -0.3 is 16.4 Å². The van der Waals surface area contributed by atoms with E-state index in [1.54, 1.807) is 0 Å². The fourth-order valence-electron chi connectivity index (χ4n) is 3.30. The predicted octanol–water partition coefficient (Wildman–Crippen LogP) is 0.396. The lowest BCUT2D eigenvalue weighted by Crippen LogP contribution is -2.30. The third-order valence-electron chi connectivity index (χ3n) is 4.10. The summed E-state index contributed by atoms with van der Waals surface area (Å²) in [5, 5.41) is 0. The van der Waals surface area contributed by atoms with Gasteiger partial charge in [-0.05, 0) is 50.1 Å². The maximum Gasteiger partial charge on any atom is 0.0105 e. The fraction of sp³-hybridized carbons (Fsp3) is 1.00. The molecule has 2 aliphatic rings. The largest absolute Gasteiger partial charge is 0.330 e. The van der Waals surface area contributed by atoms with Crippen LogP contribution in [-0.2, 0) is 0 Å². The van der Waals surface area contributed by atoms with Gasteiger partial charge in [-0.25, -0.2) is 0 Å². The third kappa shape index (κ3) is 1.95. The molecule has 3 nitrogen and oxygen atoms in total. The van der Waals surface area contributed by atoms with Crippen molar-refractivity contribution < 1.29 is 0 Å².